The van der Waals surface area contributed by atoms with Crippen LogP contribution in [0.25, 0.3) is 0 Å². The molecule has 2 aromatic carbocycles. The number of carbonyl (C=O) groups excluding carboxylic acids is 1. The van der Waals surface area contributed by atoms with E-state index in [1.807, 2.05) is 0 Å². The summed E-state index contributed by atoms with van der Waals surface area (Å²) >= 11 is 17.8. The van der Waals surface area contributed by atoms with Crippen molar-refractivity contribution in [3.8, 4) is 0 Å². The molecular weight excluding hydrogens is 385 g/mol. The molecule has 2 N–H and O–H groups in total. The predicted molar refractivity (Wildman–Crippen MR) is 99.5 cm³/mol. The summed E-state index contributed by atoms with van der Waals surface area (Å²) in [7, 11) is 0. The highest BCUT2D eigenvalue weighted by Crippen LogP contribution is 2.23. The largest absolute Gasteiger partial charge is 0.481 e. The van der Waals surface area contributed by atoms with Gasteiger partial charge in [-0.15, -0.1) is 0 Å². The molecule has 0 bridgehead atoms. The van der Waals surface area contributed by atoms with Crippen molar-refractivity contribution < 1.29 is 14.7 Å². The molecule has 0 saturated carbocycles. The minimum absolute atomic E-state index is 0.123. The topological polar surface area (TPSA) is 66.4 Å². The van der Waals surface area contributed by atoms with Crippen molar-refractivity contribution in [1.29, 1.82) is 0 Å². The van der Waals surface area contributed by atoms with Crippen LogP contribution in [-0.2, 0) is 22.4 Å². The molecule has 132 valence electrons. The molecule has 0 aromatic heterocycles. The zero-order valence-corrected chi connectivity index (χ0v) is 15.4. The summed E-state index contributed by atoms with van der Waals surface area (Å²) in [5, 5.41) is 13.2. The standard InChI is InChI=1S/C18H16Cl3NO3/c19-13-3-1-2-11(6-13)9-17(23)22-14(10-18(24)25)7-12-4-5-15(20)16(21)8-12/h1-6,8,14H,7,9-10H2,(H,22,23)(H,24,25). The van der Waals surface area contributed by atoms with E-state index in [1.165, 1.54) is 0 Å². The van der Waals surface area contributed by atoms with Gasteiger partial charge in [0.25, 0.3) is 0 Å². The van der Waals surface area contributed by atoms with Gasteiger partial charge in [0.05, 0.1) is 22.9 Å². The fourth-order valence-electron chi connectivity index (χ4n) is 2.45. The smallest absolute Gasteiger partial charge is 0.305 e. The first-order valence-electron chi connectivity index (χ1n) is 7.53. The first kappa shape index (κ1) is 19.6. The van der Waals surface area contributed by atoms with E-state index in [-0.39, 0.29) is 18.7 Å². The Balaban J connectivity index is 2.04. The summed E-state index contributed by atoms with van der Waals surface area (Å²) in [5.41, 5.74) is 1.55. The van der Waals surface area contributed by atoms with Gasteiger partial charge in [-0.25, -0.2) is 0 Å². The number of benzene rings is 2. The molecule has 2 rings (SSSR count). The molecule has 1 amide bonds. The van der Waals surface area contributed by atoms with Gasteiger partial charge in [-0.1, -0.05) is 53.0 Å². The van der Waals surface area contributed by atoms with Crippen molar-refractivity contribution in [1.82, 2.24) is 5.32 Å². The van der Waals surface area contributed by atoms with Crippen molar-refractivity contribution in [3.05, 3.63) is 68.7 Å². The molecule has 0 fully saturated rings. The van der Waals surface area contributed by atoms with E-state index in [4.69, 9.17) is 39.9 Å². The van der Waals surface area contributed by atoms with Gasteiger partial charge in [0, 0.05) is 11.1 Å². The number of rotatable bonds is 7. The van der Waals surface area contributed by atoms with Gasteiger partial charge < -0.3 is 10.4 Å². The van der Waals surface area contributed by atoms with E-state index in [2.05, 4.69) is 5.32 Å². The normalized spacial score (nSPS) is 11.8. The maximum absolute atomic E-state index is 12.2. The number of carboxylic acids is 1. The third-order valence-electron chi connectivity index (χ3n) is 3.51. The van der Waals surface area contributed by atoms with Gasteiger partial charge in [-0.05, 0) is 41.8 Å². The summed E-state index contributed by atoms with van der Waals surface area (Å²) in [6.07, 6.45) is 0.268. The lowest BCUT2D eigenvalue weighted by atomic mass is 10.0. The van der Waals surface area contributed by atoms with Crippen molar-refractivity contribution in [2.75, 3.05) is 0 Å². The highest BCUT2D eigenvalue weighted by Gasteiger charge is 2.17. The van der Waals surface area contributed by atoms with Gasteiger partial charge in [-0.3, -0.25) is 9.59 Å². The van der Waals surface area contributed by atoms with Crippen LogP contribution in [0.4, 0.5) is 0 Å². The fraction of sp³-hybridized carbons (Fsp3) is 0.222. The molecular formula is C18H16Cl3NO3. The Morgan fingerprint density at radius 1 is 1.00 bits per heavy atom. The maximum Gasteiger partial charge on any atom is 0.305 e. The van der Waals surface area contributed by atoms with Gasteiger partial charge in [0.2, 0.25) is 5.91 Å². The third-order valence-corrected chi connectivity index (χ3v) is 4.48. The molecule has 0 radical (unpaired) electrons. The summed E-state index contributed by atoms with van der Waals surface area (Å²) in [4.78, 5) is 23.3. The fourth-order valence-corrected chi connectivity index (χ4v) is 2.98. The van der Waals surface area contributed by atoms with Crippen molar-refractivity contribution in [2.45, 2.75) is 25.3 Å². The van der Waals surface area contributed by atoms with Crippen LogP contribution in [0, 0.1) is 0 Å². The highest BCUT2D eigenvalue weighted by molar-refractivity contribution is 6.42. The second-order valence-corrected chi connectivity index (χ2v) is 6.87. The lowest BCUT2D eigenvalue weighted by Gasteiger charge is -2.17. The minimum Gasteiger partial charge on any atom is -0.481 e. The number of carbonyl (C=O) groups is 2. The minimum atomic E-state index is -0.992. The van der Waals surface area contributed by atoms with E-state index >= 15 is 0 Å². The highest BCUT2D eigenvalue weighted by atomic mass is 35.5. The monoisotopic (exact) mass is 399 g/mol. The lowest BCUT2D eigenvalue weighted by molar-refractivity contribution is -0.137. The average molecular weight is 401 g/mol. The molecule has 4 nitrogen and oxygen atoms in total. The Morgan fingerprint density at radius 3 is 2.40 bits per heavy atom. The van der Waals surface area contributed by atoms with E-state index in [1.54, 1.807) is 42.5 Å². The molecule has 0 heterocycles. The summed E-state index contributed by atoms with van der Waals surface area (Å²) in [6, 6.07) is 11.5. The summed E-state index contributed by atoms with van der Waals surface area (Å²) in [6.45, 7) is 0. The molecule has 0 saturated heterocycles. The van der Waals surface area contributed by atoms with Gasteiger partial charge in [-0.2, -0.15) is 0 Å². The van der Waals surface area contributed by atoms with Crippen LogP contribution >= 0.6 is 34.8 Å². The second kappa shape index (κ2) is 9.09. The molecule has 25 heavy (non-hydrogen) atoms. The van der Waals surface area contributed by atoms with Crippen LogP contribution in [0.2, 0.25) is 15.1 Å². The molecule has 0 aliphatic heterocycles. The Labute approximate surface area is 160 Å². The SMILES string of the molecule is O=C(O)CC(Cc1ccc(Cl)c(Cl)c1)NC(=O)Cc1cccc(Cl)c1. The van der Waals surface area contributed by atoms with Gasteiger partial charge in [0.1, 0.15) is 0 Å². The number of halogens is 3. The molecule has 0 aliphatic carbocycles. The number of hydrogen-bond acceptors (Lipinski definition) is 2. The molecule has 0 spiro atoms. The van der Waals surface area contributed by atoms with E-state index in [9.17, 15) is 9.59 Å². The summed E-state index contributed by atoms with van der Waals surface area (Å²) < 4.78 is 0. The van der Waals surface area contributed by atoms with Crippen molar-refractivity contribution in [2.24, 2.45) is 0 Å². The van der Waals surface area contributed by atoms with Gasteiger partial charge in [0.15, 0.2) is 0 Å². The van der Waals surface area contributed by atoms with Crippen LogP contribution in [0.3, 0.4) is 0 Å². The molecule has 2 aromatic rings. The van der Waals surface area contributed by atoms with Crippen LogP contribution in [0.15, 0.2) is 42.5 Å². The van der Waals surface area contributed by atoms with E-state index in [0.29, 0.717) is 21.5 Å². The lowest BCUT2D eigenvalue weighted by Crippen LogP contribution is -2.39. The summed E-state index contributed by atoms with van der Waals surface area (Å²) in [5.74, 6) is -1.26. The Morgan fingerprint density at radius 2 is 1.76 bits per heavy atom. The van der Waals surface area contributed by atoms with Crippen molar-refractivity contribution >= 4 is 46.7 Å². The molecule has 1 unspecified atom stereocenters. The Bertz CT molecular complexity index is 780. The average Bonchev–Trinajstić information content (AvgIpc) is 2.50. The maximum atomic E-state index is 12.2. The first-order valence-corrected chi connectivity index (χ1v) is 8.66. The third kappa shape index (κ3) is 6.58. The second-order valence-electron chi connectivity index (χ2n) is 5.62. The number of hydrogen-bond donors (Lipinski definition) is 2. The number of aliphatic carboxylic acids is 1. The molecule has 7 heteroatoms. The van der Waals surface area contributed by atoms with Crippen LogP contribution < -0.4 is 5.32 Å². The molecule has 1 atom stereocenters. The molecule has 0 aliphatic rings. The van der Waals surface area contributed by atoms with Crippen LogP contribution in [0.1, 0.15) is 17.5 Å². The zero-order valence-electron chi connectivity index (χ0n) is 13.1. The Kier molecular flexibility index (Phi) is 7.12. The van der Waals surface area contributed by atoms with Gasteiger partial charge >= 0.3 is 5.97 Å². The number of amides is 1. The van der Waals surface area contributed by atoms with Crippen molar-refractivity contribution in [3.63, 3.8) is 0 Å². The number of nitrogens with one attached hydrogen (secondary N) is 1. The Hall–Kier alpha value is -1.75. The van der Waals surface area contributed by atoms with E-state index in [0.717, 1.165) is 11.1 Å². The zero-order chi connectivity index (χ0) is 18.4. The number of carboxylic acid groups (broad SMARTS) is 1. The van der Waals surface area contributed by atoms with Crippen LogP contribution in [-0.4, -0.2) is 23.0 Å². The quantitative estimate of drug-likeness (QED) is 0.724. The predicted octanol–water partition coefficient (Wildman–Crippen LogP) is 4.39. The van der Waals surface area contributed by atoms with E-state index < -0.39 is 12.0 Å². The van der Waals surface area contributed by atoms with Crippen LogP contribution in [0.5, 0.6) is 0 Å². The first-order chi connectivity index (χ1) is 11.8.